The zero-order valence-corrected chi connectivity index (χ0v) is 11.6. The molecular weight excluding hydrogens is 184 g/mol. The van der Waals surface area contributed by atoms with Crippen molar-refractivity contribution in [2.24, 2.45) is 0 Å². The Morgan fingerprint density at radius 3 is 1.67 bits per heavy atom. The number of hydrogen-bond acceptors (Lipinski definition) is 1. The summed E-state index contributed by atoms with van der Waals surface area (Å²) in [6.07, 6.45) is 3.16. The standard InChI is InChI=1S/C13H28N2/c1-8-9-10-11(14)15(12(2,3)4)13(5,6)7/h14H,8-10H2,1-7H3. The fourth-order valence-electron chi connectivity index (χ4n) is 2.27. The highest BCUT2D eigenvalue weighted by molar-refractivity contribution is 5.80. The average molecular weight is 212 g/mol. The van der Waals surface area contributed by atoms with Crippen LogP contribution in [0.2, 0.25) is 0 Å². The Balaban J connectivity index is 4.74. The van der Waals surface area contributed by atoms with Crippen molar-refractivity contribution >= 4 is 5.84 Å². The highest BCUT2D eigenvalue weighted by Gasteiger charge is 2.32. The van der Waals surface area contributed by atoms with Gasteiger partial charge in [0.1, 0.15) is 0 Å². The third-order valence-electron chi connectivity index (χ3n) is 2.38. The smallest absolute Gasteiger partial charge is 0.0966 e. The summed E-state index contributed by atoms with van der Waals surface area (Å²) in [6.45, 7) is 15.2. The van der Waals surface area contributed by atoms with Gasteiger partial charge in [-0.2, -0.15) is 0 Å². The fraction of sp³-hybridized carbons (Fsp3) is 0.923. The summed E-state index contributed by atoms with van der Waals surface area (Å²) in [7, 11) is 0. The number of nitrogens with one attached hydrogen (secondary N) is 1. The van der Waals surface area contributed by atoms with Crippen molar-refractivity contribution in [1.82, 2.24) is 4.90 Å². The predicted octanol–water partition coefficient (Wildman–Crippen LogP) is 4.05. The molecule has 0 rings (SSSR count). The maximum absolute atomic E-state index is 8.19. The van der Waals surface area contributed by atoms with Crippen molar-refractivity contribution < 1.29 is 0 Å². The second-order valence-electron chi connectivity index (χ2n) is 6.23. The number of rotatable bonds is 3. The molecule has 0 aliphatic rings. The van der Waals surface area contributed by atoms with Crippen LogP contribution in [0.25, 0.3) is 0 Å². The van der Waals surface area contributed by atoms with Crippen molar-refractivity contribution in [1.29, 1.82) is 5.41 Å². The van der Waals surface area contributed by atoms with Gasteiger partial charge in [-0.05, 0) is 48.0 Å². The van der Waals surface area contributed by atoms with Crippen LogP contribution in [0.3, 0.4) is 0 Å². The molecule has 1 N–H and O–H groups in total. The first-order valence-corrected chi connectivity index (χ1v) is 5.98. The van der Waals surface area contributed by atoms with E-state index in [1.54, 1.807) is 0 Å². The van der Waals surface area contributed by atoms with Crippen LogP contribution in [0.1, 0.15) is 67.7 Å². The Morgan fingerprint density at radius 2 is 1.40 bits per heavy atom. The van der Waals surface area contributed by atoms with Crippen LogP contribution in [0, 0.1) is 5.41 Å². The highest BCUT2D eigenvalue weighted by atomic mass is 15.3. The largest absolute Gasteiger partial charge is 0.351 e. The molecule has 0 amide bonds. The van der Waals surface area contributed by atoms with E-state index in [0.717, 1.165) is 25.1 Å². The molecule has 0 saturated heterocycles. The van der Waals surface area contributed by atoms with Crippen LogP contribution in [0.15, 0.2) is 0 Å². The fourth-order valence-corrected chi connectivity index (χ4v) is 2.27. The van der Waals surface area contributed by atoms with Gasteiger partial charge in [-0.1, -0.05) is 13.3 Å². The molecule has 0 aromatic carbocycles. The minimum absolute atomic E-state index is 0.0308. The number of amidine groups is 1. The van der Waals surface area contributed by atoms with Gasteiger partial charge < -0.3 is 4.90 Å². The van der Waals surface area contributed by atoms with Gasteiger partial charge in [0.25, 0.3) is 0 Å². The summed E-state index contributed by atoms with van der Waals surface area (Å²) < 4.78 is 0. The molecule has 0 atom stereocenters. The van der Waals surface area contributed by atoms with E-state index in [2.05, 4.69) is 53.4 Å². The predicted molar refractivity (Wildman–Crippen MR) is 68.6 cm³/mol. The molecule has 0 saturated carbocycles. The first kappa shape index (κ1) is 14.5. The zero-order chi connectivity index (χ0) is 12.3. The molecule has 90 valence electrons. The monoisotopic (exact) mass is 212 g/mol. The van der Waals surface area contributed by atoms with Crippen LogP contribution in [0.5, 0.6) is 0 Å². The SMILES string of the molecule is CCCCC(=N)N(C(C)(C)C)C(C)(C)C. The van der Waals surface area contributed by atoms with Gasteiger partial charge in [-0.25, -0.2) is 0 Å². The van der Waals surface area contributed by atoms with Crippen LogP contribution in [-0.2, 0) is 0 Å². The number of nitrogens with zero attached hydrogens (tertiary/aromatic N) is 1. The molecule has 0 aromatic heterocycles. The van der Waals surface area contributed by atoms with Crippen LogP contribution >= 0.6 is 0 Å². The summed E-state index contributed by atoms with van der Waals surface area (Å²) in [5.41, 5.74) is 0.0617. The van der Waals surface area contributed by atoms with Crippen molar-refractivity contribution in [3.63, 3.8) is 0 Å². The van der Waals surface area contributed by atoms with Gasteiger partial charge in [0.15, 0.2) is 0 Å². The van der Waals surface area contributed by atoms with E-state index in [9.17, 15) is 0 Å². The molecule has 0 fully saturated rings. The second-order valence-corrected chi connectivity index (χ2v) is 6.23. The van der Waals surface area contributed by atoms with E-state index in [4.69, 9.17) is 5.41 Å². The van der Waals surface area contributed by atoms with E-state index in [-0.39, 0.29) is 11.1 Å². The molecule has 0 aliphatic heterocycles. The maximum Gasteiger partial charge on any atom is 0.0966 e. The highest BCUT2D eigenvalue weighted by Crippen LogP contribution is 2.26. The van der Waals surface area contributed by atoms with Crippen LogP contribution in [0.4, 0.5) is 0 Å². The summed E-state index contributed by atoms with van der Waals surface area (Å²) >= 11 is 0. The van der Waals surface area contributed by atoms with Gasteiger partial charge in [0, 0.05) is 17.5 Å². The minimum Gasteiger partial charge on any atom is -0.351 e. The van der Waals surface area contributed by atoms with Gasteiger partial charge in [-0.3, -0.25) is 5.41 Å². The molecule has 15 heavy (non-hydrogen) atoms. The Kier molecular flexibility index (Phi) is 4.82. The van der Waals surface area contributed by atoms with Crippen molar-refractivity contribution in [3.8, 4) is 0 Å². The lowest BCUT2D eigenvalue weighted by molar-refractivity contribution is 0.119. The molecule has 0 radical (unpaired) electrons. The van der Waals surface area contributed by atoms with Crippen molar-refractivity contribution in [2.75, 3.05) is 0 Å². The lowest BCUT2D eigenvalue weighted by Crippen LogP contribution is -2.55. The van der Waals surface area contributed by atoms with Gasteiger partial charge in [0.05, 0.1) is 5.84 Å². The average Bonchev–Trinajstić information content (AvgIpc) is 1.94. The number of unbranched alkanes of at least 4 members (excludes halogenated alkanes) is 1. The molecule has 0 unspecified atom stereocenters. The summed E-state index contributed by atoms with van der Waals surface area (Å²) in [6, 6.07) is 0. The van der Waals surface area contributed by atoms with Crippen LogP contribution < -0.4 is 0 Å². The maximum atomic E-state index is 8.19. The van der Waals surface area contributed by atoms with E-state index in [0.29, 0.717) is 0 Å². The Morgan fingerprint density at radius 1 is 1.00 bits per heavy atom. The number of hydrogen-bond donors (Lipinski definition) is 1. The van der Waals surface area contributed by atoms with Gasteiger partial charge in [-0.15, -0.1) is 0 Å². The van der Waals surface area contributed by atoms with E-state index >= 15 is 0 Å². The topological polar surface area (TPSA) is 27.1 Å². The normalized spacial score (nSPS) is 12.7. The molecule has 0 heterocycles. The molecule has 0 aliphatic carbocycles. The van der Waals surface area contributed by atoms with Gasteiger partial charge >= 0.3 is 0 Å². The quantitative estimate of drug-likeness (QED) is 0.554. The molecule has 0 spiro atoms. The Hall–Kier alpha value is -0.530. The van der Waals surface area contributed by atoms with Crippen LogP contribution in [-0.4, -0.2) is 21.8 Å². The lowest BCUT2D eigenvalue weighted by atomic mass is 9.94. The first-order chi connectivity index (χ1) is 6.60. The van der Waals surface area contributed by atoms with Crippen molar-refractivity contribution in [3.05, 3.63) is 0 Å². The van der Waals surface area contributed by atoms with Crippen molar-refractivity contribution in [2.45, 2.75) is 78.8 Å². The van der Waals surface area contributed by atoms with Gasteiger partial charge in [0.2, 0.25) is 0 Å². The molecule has 2 nitrogen and oxygen atoms in total. The summed E-state index contributed by atoms with van der Waals surface area (Å²) in [5, 5.41) is 8.19. The summed E-state index contributed by atoms with van der Waals surface area (Å²) in [5.74, 6) is 0.775. The Bertz CT molecular complexity index is 192. The minimum atomic E-state index is 0.0308. The molecular formula is C13H28N2. The van der Waals surface area contributed by atoms with E-state index in [1.807, 2.05) is 0 Å². The first-order valence-electron chi connectivity index (χ1n) is 5.98. The van der Waals surface area contributed by atoms with E-state index in [1.165, 1.54) is 0 Å². The molecule has 0 bridgehead atoms. The lowest BCUT2D eigenvalue weighted by Gasteiger charge is -2.47. The summed E-state index contributed by atoms with van der Waals surface area (Å²) in [4.78, 5) is 2.23. The second kappa shape index (κ2) is 5.00. The Labute approximate surface area is 95.6 Å². The third-order valence-corrected chi connectivity index (χ3v) is 2.38. The zero-order valence-electron chi connectivity index (χ0n) is 11.6. The van der Waals surface area contributed by atoms with E-state index < -0.39 is 0 Å². The molecule has 0 aromatic rings. The third kappa shape index (κ3) is 4.67. The molecule has 2 heteroatoms.